The second-order valence-corrected chi connectivity index (χ2v) is 7.43. The molecule has 2 aliphatic rings. The molecule has 8 heteroatoms. The Morgan fingerprint density at radius 1 is 1.23 bits per heavy atom. The largest absolute Gasteiger partial charge is 0.368 e. The van der Waals surface area contributed by atoms with Crippen molar-refractivity contribution >= 4 is 28.7 Å². The van der Waals surface area contributed by atoms with E-state index in [-0.39, 0.29) is 22.8 Å². The third-order valence-electron chi connectivity index (χ3n) is 5.33. The molecular weight excluding hydrogens is 354 g/mol. The fourth-order valence-corrected chi connectivity index (χ4v) is 3.98. The Balaban J connectivity index is 1.39. The Labute approximate surface area is 155 Å². The summed E-state index contributed by atoms with van der Waals surface area (Å²) in [5.41, 5.74) is 8.05. The molecule has 3 heterocycles. The summed E-state index contributed by atoms with van der Waals surface area (Å²) >= 11 is 6.12. The molecule has 0 amide bonds. The van der Waals surface area contributed by atoms with Gasteiger partial charge in [-0.15, -0.1) is 0 Å². The first-order chi connectivity index (χ1) is 12.6. The molecule has 2 N–H and O–H groups in total. The summed E-state index contributed by atoms with van der Waals surface area (Å²) in [7, 11) is 0. The number of nitrogens with zero attached hydrogens (tertiary/aromatic N) is 4. The molecule has 3 aromatic rings. The molecule has 1 aromatic carbocycles. The molecule has 1 saturated carbocycles. The van der Waals surface area contributed by atoms with Gasteiger partial charge in [0.15, 0.2) is 17.1 Å². The van der Waals surface area contributed by atoms with Crippen LogP contribution in [0.25, 0.3) is 11.2 Å². The highest BCUT2D eigenvalue weighted by Crippen LogP contribution is 2.56. The molecule has 1 unspecified atom stereocenters. The van der Waals surface area contributed by atoms with Gasteiger partial charge < -0.3 is 19.8 Å². The Morgan fingerprint density at radius 3 is 2.92 bits per heavy atom. The van der Waals surface area contributed by atoms with Gasteiger partial charge in [-0.05, 0) is 12.3 Å². The van der Waals surface area contributed by atoms with E-state index in [4.69, 9.17) is 26.8 Å². The number of rotatable bonds is 3. The van der Waals surface area contributed by atoms with E-state index in [2.05, 4.69) is 15.0 Å². The van der Waals surface area contributed by atoms with Crippen LogP contribution in [0.4, 0.5) is 5.95 Å². The summed E-state index contributed by atoms with van der Waals surface area (Å²) in [5.74, 6) is 0.613. The standard InChI is InChI=1S/C18H18ClN5O2/c19-14-13-15(23-17(20)22-14)24(10-21-13)8-18-6-12(18)7-25-16(26-9-18)11-4-2-1-3-5-11/h1-5,10,12,16H,6-9H2,(H2,20,22,23)/t12-,16?,18+/m0/s1. The number of nitrogen functional groups attached to an aromatic ring is 1. The van der Waals surface area contributed by atoms with E-state index >= 15 is 0 Å². The van der Waals surface area contributed by atoms with Crippen LogP contribution in [0.15, 0.2) is 36.7 Å². The number of aromatic nitrogens is 4. The number of halogens is 1. The lowest BCUT2D eigenvalue weighted by Crippen LogP contribution is -2.20. The molecule has 7 nitrogen and oxygen atoms in total. The van der Waals surface area contributed by atoms with Gasteiger partial charge in [0.1, 0.15) is 5.52 Å². The average molecular weight is 372 g/mol. The molecule has 5 rings (SSSR count). The van der Waals surface area contributed by atoms with Crippen molar-refractivity contribution in [3.63, 3.8) is 0 Å². The van der Waals surface area contributed by atoms with Crippen LogP contribution in [0, 0.1) is 11.3 Å². The van der Waals surface area contributed by atoms with Gasteiger partial charge >= 0.3 is 0 Å². The SMILES string of the molecule is Nc1nc(Cl)c2ncn(C[C@]34COC(c5ccccc5)OC[C@@H]3C4)c2n1. The van der Waals surface area contributed by atoms with Crippen molar-refractivity contribution in [1.29, 1.82) is 0 Å². The van der Waals surface area contributed by atoms with Crippen molar-refractivity contribution in [1.82, 2.24) is 19.5 Å². The van der Waals surface area contributed by atoms with Crippen molar-refractivity contribution in [3.8, 4) is 0 Å². The van der Waals surface area contributed by atoms with Crippen LogP contribution in [-0.4, -0.2) is 32.7 Å². The maximum atomic E-state index is 6.12. The smallest absolute Gasteiger partial charge is 0.223 e. The minimum atomic E-state index is -0.312. The number of imidazole rings is 1. The minimum absolute atomic E-state index is 0.0311. The highest BCUT2D eigenvalue weighted by Gasteiger charge is 2.56. The van der Waals surface area contributed by atoms with Crippen LogP contribution in [0.1, 0.15) is 18.3 Å². The Hall–Kier alpha value is -2.22. The van der Waals surface area contributed by atoms with Crippen LogP contribution < -0.4 is 5.73 Å². The summed E-state index contributed by atoms with van der Waals surface area (Å²) in [6, 6.07) is 10.0. The lowest BCUT2D eigenvalue weighted by molar-refractivity contribution is -0.142. The van der Waals surface area contributed by atoms with Crippen molar-refractivity contribution in [3.05, 3.63) is 47.4 Å². The lowest BCUT2D eigenvalue weighted by atomic mass is 10.1. The zero-order valence-corrected chi connectivity index (χ0v) is 14.8. The molecule has 134 valence electrons. The van der Waals surface area contributed by atoms with Crippen LogP contribution in [-0.2, 0) is 16.0 Å². The van der Waals surface area contributed by atoms with Gasteiger partial charge in [-0.1, -0.05) is 41.9 Å². The van der Waals surface area contributed by atoms with Gasteiger partial charge in [-0.3, -0.25) is 0 Å². The van der Waals surface area contributed by atoms with E-state index in [0.717, 1.165) is 18.5 Å². The highest BCUT2D eigenvalue weighted by molar-refractivity contribution is 6.33. The van der Waals surface area contributed by atoms with Gasteiger partial charge in [0.2, 0.25) is 5.95 Å². The van der Waals surface area contributed by atoms with E-state index in [1.54, 1.807) is 6.33 Å². The van der Waals surface area contributed by atoms with E-state index in [1.807, 2.05) is 34.9 Å². The van der Waals surface area contributed by atoms with Crippen LogP contribution in [0.3, 0.4) is 0 Å². The highest BCUT2D eigenvalue weighted by atomic mass is 35.5. The van der Waals surface area contributed by atoms with Gasteiger partial charge in [0, 0.05) is 17.5 Å². The van der Waals surface area contributed by atoms with Crippen molar-refractivity contribution in [2.75, 3.05) is 18.9 Å². The topological polar surface area (TPSA) is 88.1 Å². The zero-order valence-electron chi connectivity index (χ0n) is 14.0. The fraction of sp³-hybridized carbons (Fsp3) is 0.389. The Kier molecular flexibility index (Phi) is 3.63. The predicted octanol–water partition coefficient (Wildman–Crippen LogP) is 2.81. The molecule has 2 aromatic heterocycles. The van der Waals surface area contributed by atoms with Crippen LogP contribution in [0.2, 0.25) is 5.15 Å². The average Bonchev–Trinajstić information content (AvgIpc) is 3.21. The lowest BCUT2D eigenvalue weighted by Gasteiger charge is -2.19. The first-order valence-corrected chi connectivity index (χ1v) is 8.94. The molecule has 2 fully saturated rings. The Bertz CT molecular complexity index is 963. The van der Waals surface area contributed by atoms with Crippen molar-refractivity contribution in [2.45, 2.75) is 19.3 Å². The van der Waals surface area contributed by atoms with E-state index in [0.29, 0.717) is 30.3 Å². The monoisotopic (exact) mass is 371 g/mol. The summed E-state index contributed by atoms with van der Waals surface area (Å²) in [6.07, 6.45) is 2.49. The fourth-order valence-electron chi connectivity index (χ4n) is 3.76. The van der Waals surface area contributed by atoms with E-state index in [1.165, 1.54) is 0 Å². The van der Waals surface area contributed by atoms with Crippen LogP contribution in [0.5, 0.6) is 0 Å². The van der Waals surface area contributed by atoms with Gasteiger partial charge in [-0.25, -0.2) is 4.98 Å². The number of anilines is 1. The number of benzene rings is 1. The number of hydrogen-bond donors (Lipinski definition) is 1. The molecule has 0 bridgehead atoms. The summed E-state index contributed by atoms with van der Waals surface area (Å²) in [6.45, 7) is 2.06. The third kappa shape index (κ3) is 2.63. The minimum Gasteiger partial charge on any atom is -0.368 e. The van der Waals surface area contributed by atoms with E-state index < -0.39 is 0 Å². The maximum Gasteiger partial charge on any atom is 0.223 e. The van der Waals surface area contributed by atoms with E-state index in [9.17, 15) is 0 Å². The first kappa shape index (κ1) is 16.0. The molecule has 26 heavy (non-hydrogen) atoms. The van der Waals surface area contributed by atoms with Crippen LogP contribution >= 0.6 is 11.6 Å². The van der Waals surface area contributed by atoms with Gasteiger partial charge in [0.25, 0.3) is 0 Å². The quantitative estimate of drug-likeness (QED) is 0.712. The number of hydrogen-bond acceptors (Lipinski definition) is 6. The normalized spacial score (nSPS) is 27.9. The number of nitrogens with two attached hydrogens (primary N) is 1. The molecule has 0 spiro atoms. The third-order valence-corrected chi connectivity index (χ3v) is 5.59. The second kappa shape index (κ2) is 5.90. The molecule has 3 atom stereocenters. The number of fused-ring (bicyclic) bond motifs is 2. The molecule has 1 saturated heterocycles. The summed E-state index contributed by atoms with van der Waals surface area (Å²) in [5, 5.41) is 0.278. The second-order valence-electron chi connectivity index (χ2n) is 7.07. The van der Waals surface area contributed by atoms with Crippen molar-refractivity contribution in [2.24, 2.45) is 11.3 Å². The molecule has 1 aliphatic heterocycles. The maximum absolute atomic E-state index is 6.12. The molecule has 1 aliphatic carbocycles. The van der Waals surface area contributed by atoms with Gasteiger partial charge in [0.05, 0.1) is 19.5 Å². The molecular formula is C18H18ClN5O2. The van der Waals surface area contributed by atoms with Gasteiger partial charge in [-0.2, -0.15) is 9.97 Å². The first-order valence-electron chi connectivity index (χ1n) is 8.57. The summed E-state index contributed by atoms with van der Waals surface area (Å²) in [4.78, 5) is 12.6. The van der Waals surface area contributed by atoms with Crippen molar-refractivity contribution < 1.29 is 9.47 Å². The summed E-state index contributed by atoms with van der Waals surface area (Å²) < 4.78 is 14.1. The predicted molar refractivity (Wildman–Crippen MR) is 96.4 cm³/mol. The zero-order chi connectivity index (χ0) is 17.7. The Morgan fingerprint density at radius 2 is 2.08 bits per heavy atom. The molecule has 0 radical (unpaired) electrons. The number of ether oxygens (including phenoxy) is 2.